The molecule has 4 nitrogen and oxygen atoms in total. The van der Waals surface area contributed by atoms with Crippen LogP contribution in [0, 0.1) is 16.9 Å². The second-order valence-electron chi connectivity index (χ2n) is 11.9. The Bertz CT molecular complexity index is 1170. The summed E-state index contributed by atoms with van der Waals surface area (Å²) in [6.45, 7) is 11.1. The van der Waals surface area contributed by atoms with Crippen LogP contribution in [0.5, 0.6) is 0 Å². The number of rotatable bonds is 4. The predicted molar refractivity (Wildman–Crippen MR) is 152 cm³/mol. The molecule has 0 aliphatic heterocycles. The van der Waals surface area contributed by atoms with Gasteiger partial charge in [-0.15, -0.1) is 29.8 Å². The average molecular weight is 690 g/mol. The summed E-state index contributed by atoms with van der Waals surface area (Å²) < 4.78 is 0. The molecule has 0 amide bonds. The summed E-state index contributed by atoms with van der Waals surface area (Å²) in [7, 11) is 0. The normalized spacial score (nSPS) is 14.6. The quantitative estimate of drug-likeness (QED) is 0.169. The van der Waals surface area contributed by atoms with Crippen molar-refractivity contribution in [2.45, 2.75) is 79.6 Å². The summed E-state index contributed by atoms with van der Waals surface area (Å²) in [5.74, 6) is 0.811. The maximum atomic E-state index is 11.5. The molecule has 2 heterocycles. The van der Waals surface area contributed by atoms with Crippen LogP contribution in [0.25, 0.3) is 22.5 Å². The zero-order valence-electron chi connectivity index (χ0n) is 23.5. The van der Waals surface area contributed by atoms with E-state index in [1.807, 2.05) is 72.0 Å². The van der Waals surface area contributed by atoms with Gasteiger partial charge in [0.1, 0.15) is 5.76 Å². The molecule has 1 saturated carbocycles. The Labute approximate surface area is 242 Å². The van der Waals surface area contributed by atoms with Crippen molar-refractivity contribution in [1.29, 1.82) is 0 Å². The first-order chi connectivity index (χ1) is 17.4. The molecular weight excluding hydrogens is 649 g/mol. The van der Waals surface area contributed by atoms with E-state index >= 15 is 0 Å². The maximum absolute atomic E-state index is 11.5. The largest absolute Gasteiger partial charge is 0.512 e. The molecule has 0 saturated heterocycles. The number of pyridine rings is 2. The van der Waals surface area contributed by atoms with E-state index in [1.165, 1.54) is 43.7 Å². The van der Waals surface area contributed by atoms with Gasteiger partial charge < -0.3 is 10.1 Å². The van der Waals surface area contributed by atoms with E-state index in [4.69, 9.17) is 4.98 Å². The minimum absolute atomic E-state index is 0. The van der Waals surface area contributed by atoms with Crippen molar-refractivity contribution < 1.29 is 30.0 Å². The van der Waals surface area contributed by atoms with Gasteiger partial charge in [0.2, 0.25) is 0 Å². The average Bonchev–Trinajstić information content (AvgIpc) is 2.89. The molecular formula is C33H41IrN2O2-. The number of aromatic nitrogens is 2. The first-order valence-corrected chi connectivity index (χ1v) is 13.3. The van der Waals surface area contributed by atoms with Crippen molar-refractivity contribution in [1.82, 2.24) is 9.97 Å². The van der Waals surface area contributed by atoms with Crippen molar-refractivity contribution >= 4 is 5.78 Å². The van der Waals surface area contributed by atoms with Gasteiger partial charge in [0.25, 0.3) is 0 Å². The number of benzene rings is 1. The van der Waals surface area contributed by atoms with Crippen LogP contribution in [0.1, 0.15) is 85.1 Å². The second-order valence-corrected chi connectivity index (χ2v) is 11.9. The molecule has 205 valence electrons. The van der Waals surface area contributed by atoms with Crippen LogP contribution in [0.2, 0.25) is 0 Å². The molecule has 1 aliphatic rings. The first-order valence-electron chi connectivity index (χ1n) is 13.3. The molecule has 0 atom stereocenters. The molecule has 4 rings (SSSR count). The molecule has 2 aromatic heterocycles. The molecule has 1 N–H and O–H groups in total. The third kappa shape index (κ3) is 9.29. The van der Waals surface area contributed by atoms with Crippen molar-refractivity contribution in [2.24, 2.45) is 10.8 Å². The van der Waals surface area contributed by atoms with E-state index in [0.717, 1.165) is 22.5 Å². The van der Waals surface area contributed by atoms with Gasteiger partial charge in [-0.3, -0.25) is 9.78 Å². The third-order valence-electron chi connectivity index (χ3n) is 6.69. The molecule has 0 bridgehead atoms. The van der Waals surface area contributed by atoms with E-state index in [-0.39, 0.29) is 37.1 Å². The summed E-state index contributed by atoms with van der Waals surface area (Å²) in [5.41, 5.74) is 4.71. The van der Waals surface area contributed by atoms with Crippen LogP contribution in [0.3, 0.4) is 0 Å². The minimum Gasteiger partial charge on any atom is -0.512 e. The number of hydrogen-bond donors (Lipinski definition) is 1. The Morgan fingerprint density at radius 3 is 2.11 bits per heavy atom. The van der Waals surface area contributed by atoms with Gasteiger partial charge in [0.05, 0.1) is 0 Å². The third-order valence-corrected chi connectivity index (χ3v) is 6.69. The predicted octanol–water partition coefficient (Wildman–Crippen LogP) is 8.75. The van der Waals surface area contributed by atoms with E-state index in [2.05, 4.69) is 41.5 Å². The Balaban J connectivity index is 0.000000313. The van der Waals surface area contributed by atoms with Crippen LogP contribution in [0.15, 0.2) is 72.8 Å². The topological polar surface area (TPSA) is 63.1 Å². The number of carbonyl (C=O) groups is 1. The molecule has 5 heteroatoms. The Morgan fingerprint density at radius 1 is 0.895 bits per heavy atom. The smallest absolute Gasteiger partial charge is 0.164 e. The Morgan fingerprint density at radius 2 is 1.61 bits per heavy atom. The number of carbonyl (C=O) groups excluding carboxylic acids is 1. The van der Waals surface area contributed by atoms with Crippen LogP contribution in [0.4, 0.5) is 0 Å². The van der Waals surface area contributed by atoms with E-state index < -0.39 is 5.41 Å². The zero-order valence-corrected chi connectivity index (χ0v) is 25.9. The molecule has 1 aromatic carbocycles. The number of ketones is 1. The summed E-state index contributed by atoms with van der Waals surface area (Å²) in [6.07, 6.45) is 11.9. The van der Waals surface area contributed by atoms with Gasteiger partial charge in [0.15, 0.2) is 5.78 Å². The summed E-state index contributed by atoms with van der Waals surface area (Å²) in [6, 6.07) is 19.8. The van der Waals surface area contributed by atoms with E-state index in [1.54, 1.807) is 0 Å². The molecule has 1 fully saturated rings. The van der Waals surface area contributed by atoms with E-state index in [9.17, 15) is 9.90 Å². The van der Waals surface area contributed by atoms with Gasteiger partial charge in [-0.05, 0) is 42.1 Å². The van der Waals surface area contributed by atoms with Gasteiger partial charge in [-0.2, -0.15) is 0 Å². The van der Waals surface area contributed by atoms with Crippen LogP contribution >= 0.6 is 0 Å². The minimum atomic E-state index is -0.417. The number of hydrogen-bond acceptors (Lipinski definition) is 4. The molecule has 3 aromatic rings. The van der Waals surface area contributed by atoms with Crippen LogP contribution < -0.4 is 0 Å². The SMILES string of the molecule is CC(C)(C)C(=O)/C=C(\O)C(C)(C)C.[Ir].[c-]1cc(-c2ccc(C3CCCCC3)cn2)ccc1-c1ccccn1. The number of allylic oxidation sites excluding steroid dienone is 2. The summed E-state index contributed by atoms with van der Waals surface area (Å²) >= 11 is 0. The second kappa shape index (κ2) is 14.0. The summed E-state index contributed by atoms with van der Waals surface area (Å²) in [5, 5.41) is 9.56. The Kier molecular flexibility index (Phi) is 11.6. The fraction of sp³-hybridized carbons (Fsp3) is 0.424. The van der Waals surface area contributed by atoms with E-state index in [0.29, 0.717) is 5.92 Å². The van der Waals surface area contributed by atoms with Crippen molar-refractivity contribution in [3.05, 3.63) is 84.4 Å². The van der Waals surface area contributed by atoms with Gasteiger partial charge in [-0.25, -0.2) is 0 Å². The van der Waals surface area contributed by atoms with Crippen LogP contribution in [-0.2, 0) is 24.9 Å². The van der Waals surface area contributed by atoms with Crippen molar-refractivity contribution in [3.63, 3.8) is 0 Å². The molecule has 0 spiro atoms. The first kappa shape index (κ1) is 31.6. The molecule has 38 heavy (non-hydrogen) atoms. The number of nitrogens with zero attached hydrogens (tertiary/aromatic N) is 2. The van der Waals surface area contributed by atoms with Crippen LogP contribution in [-0.4, -0.2) is 20.9 Å². The van der Waals surface area contributed by atoms with Gasteiger partial charge in [0, 0.05) is 55.1 Å². The van der Waals surface area contributed by atoms with Gasteiger partial charge >= 0.3 is 0 Å². The molecule has 0 unspecified atom stereocenters. The number of aliphatic hydroxyl groups is 1. The van der Waals surface area contributed by atoms with Crippen molar-refractivity contribution in [2.75, 3.05) is 0 Å². The maximum Gasteiger partial charge on any atom is 0.164 e. The number of aliphatic hydroxyl groups excluding tert-OH is 1. The Hall–Kier alpha value is -2.62. The molecule has 1 aliphatic carbocycles. The molecule has 1 radical (unpaired) electrons. The van der Waals surface area contributed by atoms with Gasteiger partial charge in [-0.1, -0.05) is 84.6 Å². The fourth-order valence-corrected chi connectivity index (χ4v) is 4.08. The summed E-state index contributed by atoms with van der Waals surface area (Å²) in [4.78, 5) is 20.5. The standard InChI is InChI=1S/C22H21N2.C11H20O2.Ir/c1-2-6-17(7-3-1)20-13-14-22(24-16-20)19-11-9-18(10-12-19)21-8-4-5-15-23-21;1-10(2,3)8(12)7-9(13)11(4,5)6;/h4-5,8-9,11-17H,1-3,6-7H2;7,12H,1-6H3;/q-1;;/b;8-7-;. The monoisotopic (exact) mass is 690 g/mol. The van der Waals surface area contributed by atoms with Crippen molar-refractivity contribution in [3.8, 4) is 22.5 Å². The zero-order chi connectivity index (χ0) is 27.1. The fourth-order valence-electron chi connectivity index (χ4n) is 4.08.